The van der Waals surface area contributed by atoms with Crippen molar-refractivity contribution < 1.29 is 0 Å². The Labute approximate surface area is 190 Å². The van der Waals surface area contributed by atoms with Crippen molar-refractivity contribution in [1.82, 2.24) is 0 Å². The molecule has 0 atom stereocenters. The van der Waals surface area contributed by atoms with E-state index in [4.69, 9.17) is 0 Å². The number of unbranched alkanes of at least 4 members (excludes halogenated alkanes) is 6. The lowest BCUT2D eigenvalue weighted by atomic mass is 10.1. The first-order chi connectivity index (χ1) is 14.1. The van der Waals surface area contributed by atoms with Crippen LogP contribution in [0.4, 0.5) is 0 Å². The second kappa shape index (κ2) is 11.5. The van der Waals surface area contributed by atoms with Crippen LogP contribution in [0.15, 0.2) is 24.3 Å². The van der Waals surface area contributed by atoms with Crippen LogP contribution < -0.4 is 0 Å². The Bertz CT molecular complexity index is 807. The van der Waals surface area contributed by atoms with Gasteiger partial charge >= 0.3 is 0 Å². The largest absolute Gasteiger partial charge is 0.139 e. The Morgan fingerprint density at radius 2 is 1.00 bits per heavy atom. The van der Waals surface area contributed by atoms with Gasteiger partial charge in [0, 0.05) is 29.3 Å². The predicted molar refractivity (Wildman–Crippen MR) is 136 cm³/mol. The lowest BCUT2D eigenvalue weighted by molar-refractivity contribution is 0.670. The van der Waals surface area contributed by atoms with E-state index in [2.05, 4.69) is 52.0 Å². The average molecular weight is 445 g/mol. The minimum Gasteiger partial charge on any atom is -0.139 e. The molecule has 0 fully saturated rings. The highest BCUT2D eigenvalue weighted by molar-refractivity contribution is 7.26. The van der Waals surface area contributed by atoms with Crippen LogP contribution in [-0.2, 0) is 12.8 Å². The van der Waals surface area contributed by atoms with Crippen LogP contribution in [0.5, 0.6) is 0 Å². The summed E-state index contributed by atoms with van der Waals surface area (Å²) in [5.41, 5.74) is 2.95. The third-order valence-corrected chi connectivity index (χ3v) is 9.82. The summed E-state index contributed by atoms with van der Waals surface area (Å²) >= 11 is 6.02. The summed E-state index contributed by atoms with van der Waals surface area (Å²) in [6.45, 7) is 9.19. The van der Waals surface area contributed by atoms with Gasteiger partial charge in [-0.05, 0) is 74.9 Å². The van der Waals surface area contributed by atoms with E-state index in [1.54, 1.807) is 9.75 Å². The van der Waals surface area contributed by atoms with E-state index in [-0.39, 0.29) is 0 Å². The van der Waals surface area contributed by atoms with E-state index < -0.39 is 0 Å². The third-order valence-electron chi connectivity index (χ3n) is 5.77. The number of rotatable bonds is 12. The molecule has 0 aliphatic rings. The second-order valence-electron chi connectivity index (χ2n) is 8.16. The lowest BCUT2D eigenvalue weighted by Gasteiger charge is -1.98. The Kier molecular flexibility index (Phi) is 9.02. The first kappa shape index (κ1) is 22.8. The predicted octanol–water partition coefficient (Wildman–Crippen LogP) is 10.1. The number of hydrogen-bond donors (Lipinski definition) is 0. The molecule has 3 aromatic heterocycles. The van der Waals surface area contributed by atoms with E-state index >= 15 is 0 Å². The fourth-order valence-corrected chi connectivity index (χ4v) is 7.53. The molecule has 0 nitrogen and oxygen atoms in total. The molecule has 0 saturated heterocycles. The van der Waals surface area contributed by atoms with Gasteiger partial charge in [0.25, 0.3) is 0 Å². The van der Waals surface area contributed by atoms with Crippen molar-refractivity contribution in [2.24, 2.45) is 0 Å². The highest BCUT2D eigenvalue weighted by atomic mass is 32.1. The van der Waals surface area contributed by atoms with Crippen molar-refractivity contribution in [3.05, 3.63) is 45.1 Å². The van der Waals surface area contributed by atoms with Gasteiger partial charge in [0.1, 0.15) is 0 Å². The van der Waals surface area contributed by atoms with Crippen molar-refractivity contribution >= 4 is 34.0 Å². The van der Waals surface area contributed by atoms with Gasteiger partial charge in [-0.25, -0.2) is 0 Å². The van der Waals surface area contributed by atoms with E-state index in [1.165, 1.54) is 94.8 Å². The van der Waals surface area contributed by atoms with Crippen molar-refractivity contribution in [2.75, 3.05) is 0 Å². The fourth-order valence-electron chi connectivity index (χ4n) is 3.79. The number of aryl methyl sites for hydroxylation is 2. The molecule has 3 heterocycles. The molecule has 3 heteroatoms. The lowest BCUT2D eigenvalue weighted by Crippen LogP contribution is -1.80. The van der Waals surface area contributed by atoms with Gasteiger partial charge in [-0.15, -0.1) is 34.0 Å². The summed E-state index contributed by atoms with van der Waals surface area (Å²) in [6.07, 6.45) is 13.2. The van der Waals surface area contributed by atoms with E-state index in [0.717, 1.165) is 0 Å². The van der Waals surface area contributed by atoms with E-state index in [1.807, 2.05) is 34.0 Å². The topological polar surface area (TPSA) is 0 Å². The maximum Gasteiger partial charge on any atom is 0.0481 e. The quantitative estimate of drug-likeness (QED) is 0.244. The van der Waals surface area contributed by atoms with Crippen molar-refractivity contribution in [1.29, 1.82) is 0 Å². The SMILES string of the molecule is CCCCCCc1ccc(-c2sc(-c3ccc(CCCCCC)s3)c(C)c2C)s1. The average Bonchev–Trinajstić information content (AvgIpc) is 3.44. The minimum atomic E-state index is 1.24. The zero-order valence-corrected chi connectivity index (χ0v) is 21.1. The fraction of sp³-hybridized carbons (Fsp3) is 0.538. The van der Waals surface area contributed by atoms with Crippen LogP contribution in [0.25, 0.3) is 19.5 Å². The minimum absolute atomic E-state index is 1.24. The second-order valence-corrected chi connectivity index (χ2v) is 11.5. The molecule has 158 valence electrons. The first-order valence-corrected chi connectivity index (χ1v) is 13.9. The standard InChI is InChI=1S/C26H36S3/c1-5-7-9-11-13-21-15-17-23(27-21)25-19(3)20(4)26(29-25)24-18-16-22(28-24)14-12-10-8-6-2/h15-18H,5-14H2,1-4H3. The van der Waals surface area contributed by atoms with Gasteiger partial charge in [-0.2, -0.15) is 0 Å². The molecule has 0 saturated carbocycles. The van der Waals surface area contributed by atoms with Gasteiger partial charge in [-0.3, -0.25) is 0 Å². The third kappa shape index (κ3) is 6.06. The summed E-state index contributed by atoms with van der Waals surface area (Å²) in [7, 11) is 0. The number of hydrogen-bond acceptors (Lipinski definition) is 3. The Morgan fingerprint density at radius 3 is 1.41 bits per heavy atom. The van der Waals surface area contributed by atoms with Crippen molar-refractivity contribution in [3.8, 4) is 19.5 Å². The molecule has 0 spiro atoms. The highest BCUT2D eigenvalue weighted by Gasteiger charge is 2.17. The summed E-state index contributed by atoms with van der Waals surface area (Å²) in [4.78, 5) is 9.00. The number of thiophene rings is 3. The van der Waals surface area contributed by atoms with Crippen LogP contribution in [-0.4, -0.2) is 0 Å². The maximum absolute atomic E-state index is 2.36. The smallest absolute Gasteiger partial charge is 0.0481 e. The molecule has 29 heavy (non-hydrogen) atoms. The first-order valence-electron chi connectivity index (χ1n) is 11.4. The molecule has 0 N–H and O–H groups in total. The highest BCUT2D eigenvalue weighted by Crippen LogP contribution is 2.45. The van der Waals surface area contributed by atoms with Crippen LogP contribution in [0.1, 0.15) is 86.1 Å². The Balaban J connectivity index is 1.70. The van der Waals surface area contributed by atoms with E-state index in [0.29, 0.717) is 0 Å². The monoisotopic (exact) mass is 444 g/mol. The summed E-state index contributed by atoms with van der Waals surface area (Å²) in [5.74, 6) is 0. The summed E-state index contributed by atoms with van der Waals surface area (Å²) in [5, 5.41) is 0. The molecule has 0 aromatic carbocycles. The van der Waals surface area contributed by atoms with Crippen LogP contribution in [0.3, 0.4) is 0 Å². The van der Waals surface area contributed by atoms with Gasteiger partial charge in [0.05, 0.1) is 0 Å². The molecular formula is C26H36S3. The van der Waals surface area contributed by atoms with E-state index in [9.17, 15) is 0 Å². The summed E-state index contributed by atoms with van der Waals surface area (Å²) < 4.78 is 0. The zero-order valence-electron chi connectivity index (χ0n) is 18.6. The van der Waals surface area contributed by atoms with Gasteiger partial charge in [0.15, 0.2) is 0 Å². The maximum atomic E-state index is 2.36. The molecule has 0 amide bonds. The van der Waals surface area contributed by atoms with Crippen LogP contribution >= 0.6 is 34.0 Å². The van der Waals surface area contributed by atoms with Gasteiger partial charge < -0.3 is 0 Å². The molecule has 3 aromatic rings. The van der Waals surface area contributed by atoms with Gasteiger partial charge in [-0.1, -0.05) is 52.4 Å². The molecule has 0 radical (unpaired) electrons. The molecule has 0 aliphatic heterocycles. The molecule has 3 rings (SSSR count). The summed E-state index contributed by atoms with van der Waals surface area (Å²) in [6, 6.07) is 9.43. The Hall–Kier alpha value is -0.900. The van der Waals surface area contributed by atoms with Crippen molar-refractivity contribution in [2.45, 2.75) is 91.9 Å². The zero-order chi connectivity index (χ0) is 20.6. The molecule has 0 unspecified atom stereocenters. The molecule has 0 bridgehead atoms. The Morgan fingerprint density at radius 1 is 0.552 bits per heavy atom. The van der Waals surface area contributed by atoms with Crippen LogP contribution in [0.2, 0.25) is 0 Å². The molecule has 0 aliphatic carbocycles. The van der Waals surface area contributed by atoms with Gasteiger partial charge in [0.2, 0.25) is 0 Å². The van der Waals surface area contributed by atoms with Crippen LogP contribution in [0, 0.1) is 13.8 Å². The normalized spacial score (nSPS) is 11.4. The molecular weight excluding hydrogens is 408 g/mol. The van der Waals surface area contributed by atoms with Crippen molar-refractivity contribution in [3.63, 3.8) is 0 Å².